The first-order chi connectivity index (χ1) is 15.7. The van der Waals surface area contributed by atoms with Crippen LogP contribution in [-0.2, 0) is 4.79 Å². The maximum absolute atomic E-state index is 12.7. The zero-order valence-electron chi connectivity index (χ0n) is 19.1. The number of fused-ring (bicyclic) bond motifs is 1. The summed E-state index contributed by atoms with van der Waals surface area (Å²) >= 11 is 0. The molecule has 5 N–H and O–H groups in total. The van der Waals surface area contributed by atoms with E-state index in [-0.39, 0.29) is 17.4 Å². The fourth-order valence-electron chi connectivity index (χ4n) is 3.63. The van der Waals surface area contributed by atoms with E-state index in [0.29, 0.717) is 35.6 Å². The van der Waals surface area contributed by atoms with Gasteiger partial charge in [-0.15, -0.1) is 0 Å². The number of nitrogens with one attached hydrogen (secondary N) is 3. The number of hydrogen-bond donors (Lipinski definition) is 4. The van der Waals surface area contributed by atoms with Gasteiger partial charge in [0.1, 0.15) is 11.3 Å². The summed E-state index contributed by atoms with van der Waals surface area (Å²) in [4.78, 5) is 39.0. The molecule has 0 bridgehead atoms. The minimum Gasteiger partial charge on any atom is -0.394 e. The summed E-state index contributed by atoms with van der Waals surface area (Å²) in [7, 11) is 0. The molecule has 4 rings (SSSR count). The predicted molar refractivity (Wildman–Crippen MR) is 129 cm³/mol. The molecule has 0 atom stereocenters. The lowest BCUT2D eigenvalue weighted by Crippen LogP contribution is -2.47. The lowest BCUT2D eigenvalue weighted by molar-refractivity contribution is -0.127. The third-order valence-corrected chi connectivity index (χ3v) is 5.46. The Bertz CT molecular complexity index is 1200. The monoisotopic (exact) mass is 447 g/mol. The SMILES string of the molecule is CC(C)(C)C(=O)c1c[nH]c2ncc(Nc3ccc(C=C(N)C(=O)N4CCNCC4)cc3)nc12. The van der Waals surface area contributed by atoms with Crippen molar-refractivity contribution in [2.75, 3.05) is 31.5 Å². The number of aromatic nitrogens is 3. The van der Waals surface area contributed by atoms with Crippen molar-refractivity contribution < 1.29 is 9.59 Å². The fraction of sp³-hybridized carbons (Fsp3) is 0.333. The Labute approximate surface area is 192 Å². The number of hydrogen-bond acceptors (Lipinski definition) is 7. The third-order valence-electron chi connectivity index (χ3n) is 5.46. The van der Waals surface area contributed by atoms with Gasteiger partial charge in [0.05, 0.1) is 17.5 Å². The molecular formula is C24H29N7O2. The number of ketones is 1. The molecule has 0 saturated carbocycles. The average molecular weight is 448 g/mol. The lowest BCUT2D eigenvalue weighted by atomic mass is 9.87. The van der Waals surface area contributed by atoms with Gasteiger partial charge in [0.15, 0.2) is 11.4 Å². The average Bonchev–Trinajstić information content (AvgIpc) is 3.22. The molecule has 1 aliphatic heterocycles. The van der Waals surface area contributed by atoms with E-state index in [2.05, 4.69) is 25.6 Å². The normalized spacial score (nSPS) is 15.0. The van der Waals surface area contributed by atoms with Crippen molar-refractivity contribution in [3.63, 3.8) is 0 Å². The molecule has 9 nitrogen and oxygen atoms in total. The van der Waals surface area contributed by atoms with E-state index in [0.717, 1.165) is 24.3 Å². The summed E-state index contributed by atoms with van der Waals surface area (Å²) < 4.78 is 0. The first-order valence-corrected chi connectivity index (χ1v) is 11.0. The number of amides is 1. The van der Waals surface area contributed by atoms with Gasteiger partial charge in [0, 0.05) is 43.5 Å². The lowest BCUT2D eigenvalue weighted by Gasteiger charge is -2.27. The van der Waals surface area contributed by atoms with Crippen molar-refractivity contribution in [3.05, 3.63) is 53.5 Å². The molecule has 1 saturated heterocycles. The number of nitrogens with zero attached hydrogens (tertiary/aromatic N) is 3. The fourth-order valence-corrected chi connectivity index (χ4v) is 3.63. The van der Waals surface area contributed by atoms with Crippen LogP contribution in [0.3, 0.4) is 0 Å². The Kier molecular flexibility index (Phi) is 6.15. The molecule has 0 unspecified atom stereocenters. The van der Waals surface area contributed by atoms with Crippen LogP contribution in [0.5, 0.6) is 0 Å². The molecule has 1 aromatic carbocycles. The minimum atomic E-state index is -0.516. The van der Waals surface area contributed by atoms with E-state index in [1.165, 1.54) is 0 Å². The Morgan fingerprint density at radius 2 is 1.85 bits per heavy atom. The van der Waals surface area contributed by atoms with Crippen molar-refractivity contribution in [2.45, 2.75) is 20.8 Å². The van der Waals surface area contributed by atoms with E-state index in [1.807, 2.05) is 45.0 Å². The number of anilines is 2. The standard InChI is InChI=1S/C24H29N7O2/c1-24(2,3)21(32)17-13-27-22-20(17)30-19(14-28-22)29-16-6-4-15(5-7-16)12-18(25)23(33)31-10-8-26-9-11-31/h4-7,12-14,26H,8-11,25H2,1-3H3,(H,27,28)(H,29,30). The minimum absolute atomic E-state index is 0.00397. The highest BCUT2D eigenvalue weighted by Gasteiger charge is 2.26. The molecule has 9 heteroatoms. The summed E-state index contributed by atoms with van der Waals surface area (Å²) in [5, 5.41) is 6.43. The first-order valence-electron chi connectivity index (χ1n) is 11.0. The Balaban J connectivity index is 1.48. The topological polar surface area (TPSA) is 129 Å². The number of carbonyl (C=O) groups is 2. The maximum atomic E-state index is 12.7. The number of nitrogens with two attached hydrogens (primary N) is 1. The van der Waals surface area contributed by atoms with Gasteiger partial charge in [-0.25, -0.2) is 9.97 Å². The van der Waals surface area contributed by atoms with Crippen LogP contribution in [0.25, 0.3) is 17.2 Å². The third kappa shape index (κ3) is 5.04. The first kappa shape index (κ1) is 22.5. The van der Waals surface area contributed by atoms with Gasteiger partial charge in [-0.05, 0) is 23.8 Å². The van der Waals surface area contributed by atoms with Crippen molar-refractivity contribution in [1.29, 1.82) is 0 Å². The van der Waals surface area contributed by atoms with Crippen LogP contribution >= 0.6 is 0 Å². The molecule has 0 radical (unpaired) electrons. The summed E-state index contributed by atoms with van der Waals surface area (Å²) in [6.45, 7) is 8.51. The van der Waals surface area contributed by atoms with Crippen molar-refractivity contribution >= 4 is 40.4 Å². The molecule has 1 aliphatic rings. The van der Waals surface area contributed by atoms with Gasteiger partial charge >= 0.3 is 0 Å². The molecule has 2 aromatic heterocycles. The van der Waals surface area contributed by atoms with Crippen LogP contribution in [0.4, 0.5) is 11.5 Å². The van der Waals surface area contributed by atoms with Gasteiger partial charge in [0.25, 0.3) is 5.91 Å². The highest BCUT2D eigenvalue weighted by molar-refractivity contribution is 6.08. The maximum Gasteiger partial charge on any atom is 0.269 e. The largest absolute Gasteiger partial charge is 0.394 e. The molecule has 1 amide bonds. The summed E-state index contributed by atoms with van der Waals surface area (Å²) in [6, 6.07) is 7.49. The second-order valence-electron chi connectivity index (χ2n) is 9.12. The summed E-state index contributed by atoms with van der Waals surface area (Å²) in [5.41, 5.74) is 9.00. The van der Waals surface area contributed by atoms with Gasteiger partial charge in [0.2, 0.25) is 0 Å². The molecule has 0 aliphatic carbocycles. The van der Waals surface area contributed by atoms with E-state index in [1.54, 1.807) is 23.4 Å². The summed E-state index contributed by atoms with van der Waals surface area (Å²) in [5.74, 6) is 0.389. The number of benzene rings is 1. The van der Waals surface area contributed by atoms with E-state index in [4.69, 9.17) is 5.73 Å². The van der Waals surface area contributed by atoms with Crippen LogP contribution < -0.4 is 16.4 Å². The number of aromatic amines is 1. The highest BCUT2D eigenvalue weighted by Crippen LogP contribution is 2.26. The van der Waals surface area contributed by atoms with Crippen LogP contribution in [0.15, 0.2) is 42.4 Å². The van der Waals surface area contributed by atoms with Crippen molar-refractivity contribution in [3.8, 4) is 0 Å². The zero-order valence-corrected chi connectivity index (χ0v) is 19.1. The van der Waals surface area contributed by atoms with Crippen LogP contribution in [0.1, 0.15) is 36.7 Å². The molecule has 33 heavy (non-hydrogen) atoms. The number of Topliss-reactive ketones (excluding diaryl/α,β-unsaturated/α-hetero) is 1. The molecule has 1 fully saturated rings. The van der Waals surface area contributed by atoms with Crippen LogP contribution in [-0.4, -0.2) is 57.7 Å². The number of carbonyl (C=O) groups excluding carboxylic acids is 2. The Morgan fingerprint density at radius 1 is 1.15 bits per heavy atom. The Morgan fingerprint density at radius 3 is 2.52 bits per heavy atom. The highest BCUT2D eigenvalue weighted by atomic mass is 16.2. The molecule has 0 spiro atoms. The van der Waals surface area contributed by atoms with Crippen molar-refractivity contribution in [2.24, 2.45) is 11.1 Å². The van der Waals surface area contributed by atoms with Gasteiger partial charge in [-0.2, -0.15) is 0 Å². The Hall–Kier alpha value is -3.72. The van der Waals surface area contributed by atoms with Gasteiger partial charge in [-0.3, -0.25) is 9.59 Å². The second kappa shape index (κ2) is 9.03. The van der Waals surface area contributed by atoms with Gasteiger partial charge < -0.3 is 26.3 Å². The number of piperazine rings is 1. The molecular weight excluding hydrogens is 418 g/mol. The second-order valence-corrected chi connectivity index (χ2v) is 9.12. The smallest absolute Gasteiger partial charge is 0.269 e. The van der Waals surface area contributed by atoms with Crippen LogP contribution in [0, 0.1) is 5.41 Å². The van der Waals surface area contributed by atoms with E-state index < -0.39 is 5.41 Å². The molecule has 172 valence electrons. The molecule has 3 aromatic rings. The van der Waals surface area contributed by atoms with E-state index in [9.17, 15) is 9.59 Å². The zero-order chi connectivity index (χ0) is 23.6. The van der Waals surface area contributed by atoms with Crippen molar-refractivity contribution in [1.82, 2.24) is 25.2 Å². The number of H-pyrrole nitrogens is 1. The quantitative estimate of drug-likeness (QED) is 0.349. The van der Waals surface area contributed by atoms with Gasteiger partial charge in [-0.1, -0.05) is 32.9 Å². The summed E-state index contributed by atoms with van der Waals surface area (Å²) in [6.07, 6.45) is 4.96. The van der Waals surface area contributed by atoms with Crippen LogP contribution in [0.2, 0.25) is 0 Å². The van der Waals surface area contributed by atoms with E-state index >= 15 is 0 Å². The predicted octanol–water partition coefficient (Wildman–Crippen LogP) is 2.66. The molecule has 3 heterocycles. The number of rotatable bonds is 5.